The molecule has 1 aromatic heterocycles. The van der Waals surface area contributed by atoms with Crippen LogP contribution in [0.5, 0.6) is 5.75 Å². The zero-order chi connectivity index (χ0) is 20.5. The van der Waals surface area contributed by atoms with Gasteiger partial charge in [-0.15, -0.1) is 0 Å². The molecular formula is C19H13ClF3NO4. The summed E-state index contributed by atoms with van der Waals surface area (Å²) in [6, 6.07) is 10.1. The Morgan fingerprint density at radius 3 is 2.57 bits per heavy atom. The van der Waals surface area contributed by atoms with E-state index in [1.807, 2.05) is 0 Å². The molecule has 146 valence electrons. The first-order chi connectivity index (χ1) is 13.1. The van der Waals surface area contributed by atoms with Gasteiger partial charge in [-0.3, -0.25) is 4.79 Å². The molecule has 0 unspecified atom stereocenters. The lowest BCUT2D eigenvalue weighted by Crippen LogP contribution is -2.30. The summed E-state index contributed by atoms with van der Waals surface area (Å²) in [6.45, 7) is 1.42. The maximum atomic E-state index is 12.8. The summed E-state index contributed by atoms with van der Waals surface area (Å²) >= 11 is 5.87. The van der Waals surface area contributed by atoms with E-state index < -0.39 is 29.4 Å². The van der Waals surface area contributed by atoms with Gasteiger partial charge in [0.1, 0.15) is 11.3 Å². The average molecular weight is 412 g/mol. The number of halogens is 4. The van der Waals surface area contributed by atoms with Crippen molar-refractivity contribution in [3.63, 3.8) is 0 Å². The van der Waals surface area contributed by atoms with Crippen LogP contribution in [-0.2, 0) is 11.0 Å². The molecule has 0 spiro atoms. The van der Waals surface area contributed by atoms with Crippen molar-refractivity contribution in [2.24, 2.45) is 0 Å². The number of anilines is 1. The lowest BCUT2D eigenvalue weighted by atomic mass is 10.2. The standard InChI is InChI=1S/C19H13ClF3NO4/c1-10(27-13-5-2-11-3-7-17(25)28-16(11)9-13)18(26)24-15-8-12(19(21,22)23)4-6-14(15)20/h2-10H,1H3,(H,24,26)/t10-/m1/s1. The van der Waals surface area contributed by atoms with Crippen molar-refractivity contribution in [1.29, 1.82) is 0 Å². The van der Waals surface area contributed by atoms with Crippen LogP contribution in [-0.4, -0.2) is 12.0 Å². The molecule has 0 saturated carbocycles. The fourth-order valence-corrected chi connectivity index (χ4v) is 2.57. The van der Waals surface area contributed by atoms with Gasteiger partial charge in [0.05, 0.1) is 16.3 Å². The minimum Gasteiger partial charge on any atom is -0.481 e. The maximum Gasteiger partial charge on any atom is 0.416 e. The normalized spacial score (nSPS) is 12.6. The van der Waals surface area contributed by atoms with Gasteiger partial charge in [-0.1, -0.05) is 11.6 Å². The zero-order valence-corrected chi connectivity index (χ0v) is 15.1. The lowest BCUT2D eigenvalue weighted by Gasteiger charge is -2.16. The van der Waals surface area contributed by atoms with E-state index >= 15 is 0 Å². The van der Waals surface area contributed by atoms with Crippen molar-refractivity contribution in [3.8, 4) is 5.75 Å². The molecule has 0 bridgehead atoms. The van der Waals surface area contributed by atoms with E-state index in [9.17, 15) is 22.8 Å². The van der Waals surface area contributed by atoms with Gasteiger partial charge in [0.25, 0.3) is 5.91 Å². The van der Waals surface area contributed by atoms with Crippen molar-refractivity contribution in [2.45, 2.75) is 19.2 Å². The van der Waals surface area contributed by atoms with Crippen LogP contribution in [0.1, 0.15) is 12.5 Å². The number of carbonyl (C=O) groups excluding carboxylic acids is 1. The molecule has 2 aromatic carbocycles. The second-order valence-electron chi connectivity index (χ2n) is 5.90. The predicted octanol–water partition coefficient (Wildman–Crippen LogP) is 4.87. The highest BCUT2D eigenvalue weighted by Crippen LogP contribution is 2.34. The number of hydrogen-bond donors (Lipinski definition) is 1. The Labute approximate surface area is 161 Å². The molecular weight excluding hydrogens is 399 g/mol. The van der Waals surface area contributed by atoms with Crippen LogP contribution < -0.4 is 15.7 Å². The smallest absolute Gasteiger partial charge is 0.416 e. The first kappa shape index (κ1) is 19.8. The van der Waals surface area contributed by atoms with Gasteiger partial charge >= 0.3 is 11.8 Å². The van der Waals surface area contributed by atoms with Crippen LogP contribution in [0, 0.1) is 0 Å². The number of hydrogen-bond acceptors (Lipinski definition) is 4. The maximum absolute atomic E-state index is 12.8. The minimum absolute atomic E-state index is 0.0407. The Bertz CT molecular complexity index is 1090. The van der Waals surface area contributed by atoms with Crippen LogP contribution in [0.4, 0.5) is 18.9 Å². The number of rotatable bonds is 4. The summed E-state index contributed by atoms with van der Waals surface area (Å²) in [5.41, 5.74) is -1.38. The van der Waals surface area contributed by atoms with Crippen LogP contribution in [0.15, 0.2) is 57.7 Å². The van der Waals surface area contributed by atoms with Gasteiger partial charge in [0.15, 0.2) is 6.10 Å². The van der Waals surface area contributed by atoms with E-state index in [4.69, 9.17) is 20.8 Å². The summed E-state index contributed by atoms with van der Waals surface area (Å²) in [4.78, 5) is 23.6. The van der Waals surface area contributed by atoms with Crippen molar-refractivity contribution in [1.82, 2.24) is 0 Å². The highest BCUT2D eigenvalue weighted by molar-refractivity contribution is 6.33. The van der Waals surface area contributed by atoms with Crippen molar-refractivity contribution < 1.29 is 27.1 Å². The Morgan fingerprint density at radius 1 is 1.14 bits per heavy atom. The van der Waals surface area contributed by atoms with Crippen LogP contribution in [0.2, 0.25) is 5.02 Å². The Morgan fingerprint density at radius 2 is 1.86 bits per heavy atom. The molecule has 9 heteroatoms. The zero-order valence-electron chi connectivity index (χ0n) is 14.3. The Hall–Kier alpha value is -3.00. The van der Waals surface area contributed by atoms with E-state index in [0.717, 1.165) is 18.2 Å². The third-order valence-electron chi connectivity index (χ3n) is 3.83. The monoisotopic (exact) mass is 411 g/mol. The van der Waals surface area contributed by atoms with Crippen LogP contribution in [0.3, 0.4) is 0 Å². The third kappa shape index (κ3) is 4.45. The molecule has 1 atom stereocenters. The summed E-state index contributed by atoms with van der Waals surface area (Å²) in [6.07, 6.45) is -5.63. The van der Waals surface area contributed by atoms with Crippen molar-refractivity contribution in [2.75, 3.05) is 5.32 Å². The molecule has 0 aliphatic heterocycles. The summed E-state index contributed by atoms with van der Waals surface area (Å²) in [5.74, 6) is -0.449. The second kappa shape index (κ2) is 7.55. The van der Waals surface area contributed by atoms with Gasteiger partial charge < -0.3 is 14.5 Å². The van der Waals surface area contributed by atoms with Crippen molar-refractivity contribution >= 4 is 34.2 Å². The molecule has 0 aliphatic rings. The first-order valence-corrected chi connectivity index (χ1v) is 8.39. The molecule has 0 fully saturated rings. The molecule has 28 heavy (non-hydrogen) atoms. The second-order valence-corrected chi connectivity index (χ2v) is 6.30. The molecule has 1 heterocycles. The van der Waals surface area contributed by atoms with Crippen LogP contribution >= 0.6 is 11.6 Å². The SMILES string of the molecule is C[C@@H](Oc1ccc2ccc(=O)oc2c1)C(=O)Nc1cc(C(F)(F)F)ccc1Cl. The molecule has 0 aliphatic carbocycles. The molecule has 0 saturated heterocycles. The summed E-state index contributed by atoms with van der Waals surface area (Å²) < 4.78 is 49.0. The highest BCUT2D eigenvalue weighted by Gasteiger charge is 2.31. The summed E-state index contributed by atoms with van der Waals surface area (Å²) in [7, 11) is 0. The highest BCUT2D eigenvalue weighted by atomic mass is 35.5. The Kier molecular flexibility index (Phi) is 5.33. The molecule has 0 radical (unpaired) electrons. The van der Waals surface area contributed by atoms with E-state index in [1.165, 1.54) is 19.1 Å². The van der Waals surface area contributed by atoms with Crippen molar-refractivity contribution in [3.05, 3.63) is 69.5 Å². The minimum atomic E-state index is -4.57. The van der Waals surface area contributed by atoms with E-state index in [1.54, 1.807) is 18.2 Å². The van der Waals surface area contributed by atoms with Gasteiger partial charge in [-0.25, -0.2) is 4.79 Å². The van der Waals surface area contributed by atoms with Gasteiger partial charge in [-0.05, 0) is 43.3 Å². The number of amides is 1. The number of nitrogens with one attached hydrogen (secondary N) is 1. The first-order valence-electron chi connectivity index (χ1n) is 8.02. The quantitative estimate of drug-likeness (QED) is 0.622. The number of ether oxygens (including phenoxy) is 1. The van der Waals surface area contributed by atoms with Gasteiger partial charge in [0, 0.05) is 17.5 Å². The average Bonchev–Trinajstić information content (AvgIpc) is 2.62. The topological polar surface area (TPSA) is 68.5 Å². The number of carbonyl (C=O) groups is 1. The van der Waals surface area contributed by atoms with Crippen LogP contribution in [0.25, 0.3) is 11.0 Å². The molecule has 1 N–H and O–H groups in total. The number of benzene rings is 2. The van der Waals surface area contributed by atoms with E-state index in [-0.39, 0.29) is 22.0 Å². The summed E-state index contributed by atoms with van der Waals surface area (Å²) in [5, 5.41) is 2.95. The Balaban J connectivity index is 1.76. The van der Waals surface area contributed by atoms with E-state index in [2.05, 4.69) is 5.32 Å². The predicted molar refractivity (Wildman–Crippen MR) is 97.7 cm³/mol. The molecule has 5 nitrogen and oxygen atoms in total. The fourth-order valence-electron chi connectivity index (χ4n) is 2.40. The molecule has 3 rings (SSSR count). The largest absolute Gasteiger partial charge is 0.481 e. The van der Waals surface area contributed by atoms with Gasteiger partial charge in [-0.2, -0.15) is 13.2 Å². The fraction of sp³-hybridized carbons (Fsp3) is 0.158. The van der Waals surface area contributed by atoms with E-state index in [0.29, 0.717) is 5.39 Å². The number of alkyl halides is 3. The van der Waals surface area contributed by atoms with Gasteiger partial charge in [0.2, 0.25) is 0 Å². The molecule has 1 amide bonds. The molecule has 3 aromatic rings. The lowest BCUT2D eigenvalue weighted by molar-refractivity contribution is -0.137. The third-order valence-corrected chi connectivity index (χ3v) is 4.16. The number of fused-ring (bicyclic) bond motifs is 1.